The molecule has 1 aliphatic carbocycles. The molecule has 5 heteroatoms. The molecule has 0 aliphatic heterocycles. The van der Waals surface area contributed by atoms with E-state index >= 15 is 0 Å². The number of aryl methyl sites for hydroxylation is 1. The van der Waals surface area contributed by atoms with Crippen molar-refractivity contribution in [2.24, 2.45) is 16.6 Å². The van der Waals surface area contributed by atoms with E-state index in [-0.39, 0.29) is 0 Å². The first-order valence-electron chi connectivity index (χ1n) is 8.46. The summed E-state index contributed by atoms with van der Waals surface area (Å²) in [5.74, 6) is 1.78. The number of aliphatic imine (C=N–C) groups is 1. The fourth-order valence-electron chi connectivity index (χ4n) is 2.30. The second kappa shape index (κ2) is 7.81. The molecule has 3 N–H and O–H groups in total. The topological polar surface area (TPSA) is 72.5 Å². The standard InChI is InChI=1S/C19H24N4O/c1-2-14-5-7-17(8-6-14)23-19(20)22-12-16-9-10-21-18(11-16)24-13-15-3-4-15/h5-11,15H,2-4,12-13H2,1H3,(H3,20,22,23). The van der Waals surface area contributed by atoms with Gasteiger partial charge in [0.15, 0.2) is 5.96 Å². The van der Waals surface area contributed by atoms with E-state index < -0.39 is 0 Å². The number of ether oxygens (including phenoxy) is 1. The van der Waals surface area contributed by atoms with Crippen LogP contribution in [-0.4, -0.2) is 17.6 Å². The van der Waals surface area contributed by atoms with Gasteiger partial charge in [0.1, 0.15) is 0 Å². The summed E-state index contributed by atoms with van der Waals surface area (Å²) in [6.07, 6.45) is 5.31. The lowest BCUT2D eigenvalue weighted by Crippen LogP contribution is -2.22. The Hall–Kier alpha value is -2.56. The summed E-state index contributed by atoms with van der Waals surface area (Å²) in [6.45, 7) is 3.39. The van der Waals surface area contributed by atoms with Gasteiger partial charge in [-0.3, -0.25) is 0 Å². The number of hydrogen-bond acceptors (Lipinski definition) is 3. The smallest absolute Gasteiger partial charge is 0.213 e. The number of anilines is 1. The minimum atomic E-state index is 0.400. The molecule has 3 rings (SSSR count). The summed E-state index contributed by atoms with van der Waals surface area (Å²) >= 11 is 0. The minimum absolute atomic E-state index is 0.400. The molecule has 1 aromatic heterocycles. The lowest BCUT2D eigenvalue weighted by atomic mass is 10.1. The molecule has 0 radical (unpaired) electrons. The van der Waals surface area contributed by atoms with Crippen molar-refractivity contribution in [1.29, 1.82) is 0 Å². The predicted molar refractivity (Wildman–Crippen MR) is 97.2 cm³/mol. The highest BCUT2D eigenvalue weighted by molar-refractivity contribution is 5.92. The Bertz CT molecular complexity index is 693. The highest BCUT2D eigenvalue weighted by atomic mass is 16.5. The summed E-state index contributed by atoms with van der Waals surface area (Å²) in [6, 6.07) is 12.0. The molecule has 1 saturated carbocycles. The molecule has 126 valence electrons. The Labute approximate surface area is 143 Å². The van der Waals surface area contributed by atoms with E-state index in [1.807, 2.05) is 24.3 Å². The van der Waals surface area contributed by atoms with Crippen LogP contribution in [-0.2, 0) is 13.0 Å². The number of benzene rings is 1. The van der Waals surface area contributed by atoms with Crippen molar-refractivity contribution in [1.82, 2.24) is 4.98 Å². The monoisotopic (exact) mass is 324 g/mol. The van der Waals surface area contributed by atoms with E-state index in [2.05, 4.69) is 34.3 Å². The summed E-state index contributed by atoms with van der Waals surface area (Å²) in [7, 11) is 0. The average Bonchev–Trinajstić information content (AvgIpc) is 3.44. The number of hydrogen-bond donors (Lipinski definition) is 2. The number of nitrogens with one attached hydrogen (secondary N) is 1. The van der Waals surface area contributed by atoms with Crippen LogP contribution in [0.25, 0.3) is 0 Å². The normalized spacial score (nSPS) is 14.5. The van der Waals surface area contributed by atoms with Gasteiger partial charge in [-0.15, -0.1) is 0 Å². The van der Waals surface area contributed by atoms with Crippen LogP contribution in [0.1, 0.15) is 30.9 Å². The zero-order valence-electron chi connectivity index (χ0n) is 14.0. The van der Waals surface area contributed by atoms with Crippen molar-refractivity contribution in [3.63, 3.8) is 0 Å². The van der Waals surface area contributed by atoms with E-state index in [1.54, 1.807) is 6.20 Å². The molecule has 0 spiro atoms. The van der Waals surface area contributed by atoms with Crippen molar-refractivity contribution in [2.45, 2.75) is 32.7 Å². The molecule has 5 nitrogen and oxygen atoms in total. The van der Waals surface area contributed by atoms with E-state index in [0.717, 1.165) is 24.3 Å². The van der Waals surface area contributed by atoms with Crippen LogP contribution in [0.4, 0.5) is 5.69 Å². The Kier molecular flexibility index (Phi) is 5.31. The Morgan fingerprint density at radius 1 is 1.25 bits per heavy atom. The summed E-state index contributed by atoms with van der Waals surface area (Å²) in [5, 5.41) is 3.11. The Morgan fingerprint density at radius 2 is 2.04 bits per heavy atom. The van der Waals surface area contributed by atoms with Gasteiger partial charge < -0.3 is 15.8 Å². The van der Waals surface area contributed by atoms with Gasteiger partial charge in [0.25, 0.3) is 0 Å². The first-order chi connectivity index (χ1) is 11.7. The first kappa shape index (κ1) is 16.3. The van der Waals surface area contributed by atoms with Crippen LogP contribution in [0.3, 0.4) is 0 Å². The number of nitrogens with zero attached hydrogens (tertiary/aromatic N) is 2. The molecule has 1 fully saturated rings. The fraction of sp³-hybridized carbons (Fsp3) is 0.368. The van der Waals surface area contributed by atoms with Crippen LogP contribution in [0.5, 0.6) is 5.88 Å². The zero-order valence-corrected chi connectivity index (χ0v) is 14.0. The third kappa shape index (κ3) is 4.98. The van der Waals surface area contributed by atoms with Crippen LogP contribution in [0.2, 0.25) is 0 Å². The highest BCUT2D eigenvalue weighted by Crippen LogP contribution is 2.29. The Balaban J connectivity index is 1.54. The third-order valence-corrected chi connectivity index (χ3v) is 4.03. The van der Waals surface area contributed by atoms with Gasteiger partial charge in [0.2, 0.25) is 5.88 Å². The third-order valence-electron chi connectivity index (χ3n) is 4.03. The second-order valence-electron chi connectivity index (χ2n) is 6.13. The SMILES string of the molecule is CCc1ccc(NC(N)=NCc2ccnc(OCC3CC3)c2)cc1. The van der Waals surface area contributed by atoms with E-state index in [1.165, 1.54) is 18.4 Å². The highest BCUT2D eigenvalue weighted by Gasteiger charge is 2.22. The molecule has 0 saturated heterocycles. The maximum Gasteiger partial charge on any atom is 0.213 e. The lowest BCUT2D eigenvalue weighted by Gasteiger charge is -2.07. The quantitative estimate of drug-likeness (QED) is 0.605. The summed E-state index contributed by atoms with van der Waals surface area (Å²) in [5.41, 5.74) is 9.23. The molecule has 0 bridgehead atoms. The van der Waals surface area contributed by atoms with E-state index in [4.69, 9.17) is 10.5 Å². The number of aromatic nitrogens is 1. The van der Waals surface area contributed by atoms with E-state index in [0.29, 0.717) is 24.3 Å². The van der Waals surface area contributed by atoms with Crippen LogP contribution < -0.4 is 15.8 Å². The number of rotatable bonds is 7. The fourth-order valence-corrected chi connectivity index (χ4v) is 2.30. The van der Waals surface area contributed by atoms with Crippen molar-refractivity contribution < 1.29 is 4.74 Å². The molecular weight excluding hydrogens is 300 g/mol. The van der Waals surface area contributed by atoms with Gasteiger partial charge in [0, 0.05) is 18.0 Å². The molecular formula is C19H24N4O. The molecule has 1 aromatic carbocycles. The van der Waals surface area contributed by atoms with Gasteiger partial charge in [-0.1, -0.05) is 19.1 Å². The zero-order chi connectivity index (χ0) is 16.8. The average molecular weight is 324 g/mol. The maximum atomic E-state index is 5.96. The second-order valence-corrected chi connectivity index (χ2v) is 6.13. The summed E-state index contributed by atoms with van der Waals surface area (Å²) < 4.78 is 5.69. The summed E-state index contributed by atoms with van der Waals surface area (Å²) in [4.78, 5) is 8.61. The lowest BCUT2D eigenvalue weighted by molar-refractivity contribution is 0.288. The molecule has 2 aromatic rings. The van der Waals surface area contributed by atoms with Gasteiger partial charge in [0.05, 0.1) is 13.2 Å². The number of pyridine rings is 1. The van der Waals surface area contributed by atoms with Crippen molar-refractivity contribution in [2.75, 3.05) is 11.9 Å². The maximum absolute atomic E-state index is 5.96. The molecule has 0 amide bonds. The molecule has 1 heterocycles. The van der Waals surface area contributed by atoms with E-state index in [9.17, 15) is 0 Å². The predicted octanol–water partition coefficient (Wildman–Crippen LogP) is 3.36. The molecule has 1 aliphatic rings. The molecule has 0 atom stereocenters. The number of nitrogens with two attached hydrogens (primary N) is 1. The van der Waals surface area contributed by atoms with Gasteiger partial charge in [-0.2, -0.15) is 0 Å². The van der Waals surface area contributed by atoms with Gasteiger partial charge in [-0.25, -0.2) is 9.98 Å². The largest absolute Gasteiger partial charge is 0.477 e. The Morgan fingerprint density at radius 3 is 2.75 bits per heavy atom. The molecule has 24 heavy (non-hydrogen) atoms. The van der Waals surface area contributed by atoms with Crippen LogP contribution in [0, 0.1) is 5.92 Å². The van der Waals surface area contributed by atoms with Crippen molar-refractivity contribution in [3.8, 4) is 5.88 Å². The minimum Gasteiger partial charge on any atom is -0.477 e. The van der Waals surface area contributed by atoms with Crippen molar-refractivity contribution >= 4 is 11.6 Å². The van der Waals surface area contributed by atoms with Crippen molar-refractivity contribution in [3.05, 3.63) is 53.7 Å². The first-order valence-corrected chi connectivity index (χ1v) is 8.46. The molecule has 0 unspecified atom stereocenters. The van der Waals surface area contributed by atoms with Crippen LogP contribution in [0.15, 0.2) is 47.6 Å². The van der Waals surface area contributed by atoms with Gasteiger partial charge in [-0.05, 0) is 54.5 Å². The number of guanidine groups is 1. The van der Waals surface area contributed by atoms with Gasteiger partial charge >= 0.3 is 0 Å². The van der Waals surface area contributed by atoms with Crippen LogP contribution >= 0.6 is 0 Å².